The number of hydrogen-bond donors (Lipinski definition) is 0. The monoisotopic (exact) mass is 347 g/mol. The van der Waals surface area contributed by atoms with E-state index in [-0.39, 0.29) is 30.6 Å². The van der Waals surface area contributed by atoms with Crippen LogP contribution in [-0.2, 0) is 14.3 Å². The lowest BCUT2D eigenvalue weighted by atomic mass is 10.3. The Morgan fingerprint density at radius 2 is 2.05 bits per heavy atom. The maximum Gasteiger partial charge on any atom is 0.307 e. The molecule has 0 atom stereocenters. The topological polar surface area (TPSA) is 69.0 Å². The van der Waals surface area contributed by atoms with E-state index >= 15 is 0 Å². The Balaban J connectivity index is 2.64. The number of amides is 1. The van der Waals surface area contributed by atoms with Gasteiger partial charge in [0.1, 0.15) is 0 Å². The van der Waals surface area contributed by atoms with Crippen LogP contribution in [0.5, 0.6) is 0 Å². The van der Waals surface area contributed by atoms with E-state index in [0.717, 1.165) is 0 Å². The maximum absolute atomic E-state index is 12.3. The van der Waals surface area contributed by atoms with Crippen LogP contribution in [0.3, 0.4) is 0 Å². The van der Waals surface area contributed by atoms with E-state index in [1.807, 2.05) is 0 Å². The van der Waals surface area contributed by atoms with Crippen molar-refractivity contribution in [2.24, 2.45) is 0 Å². The number of rotatable bonds is 8. The third kappa shape index (κ3) is 5.34. The summed E-state index contributed by atoms with van der Waals surface area (Å²) >= 11 is 3.16. The van der Waals surface area contributed by atoms with Gasteiger partial charge in [-0.15, -0.1) is 0 Å². The molecule has 7 heteroatoms. The highest BCUT2D eigenvalue weighted by molar-refractivity contribution is 9.10. The summed E-state index contributed by atoms with van der Waals surface area (Å²) in [6.07, 6.45) is 0.836. The number of esters is 1. The third-order valence-corrected chi connectivity index (χ3v) is 3.09. The van der Waals surface area contributed by atoms with Crippen molar-refractivity contribution < 1.29 is 23.5 Å². The lowest BCUT2D eigenvalue weighted by molar-refractivity contribution is -0.140. The molecule has 1 amide bonds. The molecule has 0 bridgehead atoms. The molecule has 0 spiro atoms. The molecule has 0 aliphatic heterocycles. The summed E-state index contributed by atoms with van der Waals surface area (Å²) in [6, 6.07) is 3.24. The molecule has 1 aromatic heterocycles. The van der Waals surface area contributed by atoms with Crippen LogP contribution in [0.25, 0.3) is 0 Å². The molecule has 0 saturated carbocycles. The third-order valence-electron chi connectivity index (χ3n) is 2.66. The molecule has 1 heterocycles. The van der Waals surface area contributed by atoms with Gasteiger partial charge in [0.25, 0.3) is 5.91 Å². The number of methoxy groups -OCH3 is 2. The van der Waals surface area contributed by atoms with Gasteiger partial charge in [0.2, 0.25) is 0 Å². The molecule has 0 saturated heterocycles. The molecule has 0 radical (unpaired) electrons. The lowest BCUT2D eigenvalue weighted by Crippen LogP contribution is -2.34. The first-order valence-electron chi connectivity index (χ1n) is 6.19. The van der Waals surface area contributed by atoms with Gasteiger partial charge in [-0.3, -0.25) is 9.59 Å². The second kappa shape index (κ2) is 8.76. The molecular formula is C13H18BrNO5. The highest BCUT2D eigenvalue weighted by Gasteiger charge is 2.19. The van der Waals surface area contributed by atoms with E-state index < -0.39 is 0 Å². The Labute approximate surface area is 126 Å². The Morgan fingerprint density at radius 1 is 1.30 bits per heavy atom. The minimum atomic E-state index is -0.352. The maximum atomic E-state index is 12.3. The first-order valence-corrected chi connectivity index (χ1v) is 6.98. The van der Waals surface area contributed by atoms with E-state index in [4.69, 9.17) is 9.15 Å². The lowest BCUT2D eigenvalue weighted by Gasteiger charge is -2.21. The Hall–Kier alpha value is -1.34. The van der Waals surface area contributed by atoms with Crippen LogP contribution < -0.4 is 0 Å². The van der Waals surface area contributed by atoms with Crippen molar-refractivity contribution in [3.05, 3.63) is 22.6 Å². The molecule has 112 valence electrons. The van der Waals surface area contributed by atoms with Crippen molar-refractivity contribution in [2.75, 3.05) is 33.9 Å². The first kappa shape index (κ1) is 16.7. The van der Waals surface area contributed by atoms with Crippen molar-refractivity contribution in [2.45, 2.75) is 12.8 Å². The molecule has 20 heavy (non-hydrogen) atoms. The van der Waals surface area contributed by atoms with Gasteiger partial charge < -0.3 is 18.8 Å². The van der Waals surface area contributed by atoms with Crippen LogP contribution in [0.4, 0.5) is 0 Å². The normalized spacial score (nSPS) is 10.3. The zero-order chi connectivity index (χ0) is 15.0. The van der Waals surface area contributed by atoms with E-state index in [1.165, 1.54) is 7.11 Å². The summed E-state index contributed by atoms with van der Waals surface area (Å²) < 4.78 is 15.3. The molecule has 1 aromatic rings. The molecular weight excluding hydrogens is 330 g/mol. The standard InChI is InChI=1S/C13H18BrNO5/c1-18-9-3-7-15(8-6-12(16)19-2)13(17)10-4-5-11(14)20-10/h4-5H,3,6-9H2,1-2H3. The first-order chi connectivity index (χ1) is 9.58. The molecule has 0 N–H and O–H groups in total. The van der Waals surface area contributed by atoms with Crippen molar-refractivity contribution in [1.29, 1.82) is 0 Å². The molecule has 1 rings (SSSR count). The quantitative estimate of drug-likeness (QED) is 0.532. The van der Waals surface area contributed by atoms with Gasteiger partial charge >= 0.3 is 5.97 Å². The van der Waals surface area contributed by atoms with Crippen molar-refractivity contribution in [1.82, 2.24) is 4.90 Å². The van der Waals surface area contributed by atoms with Gasteiger partial charge in [0, 0.05) is 26.8 Å². The predicted molar refractivity (Wildman–Crippen MR) is 75.4 cm³/mol. The zero-order valence-electron chi connectivity index (χ0n) is 11.6. The average molecular weight is 348 g/mol. The van der Waals surface area contributed by atoms with Crippen LogP contribution in [0.1, 0.15) is 23.4 Å². The van der Waals surface area contributed by atoms with Gasteiger partial charge in [-0.25, -0.2) is 0 Å². The van der Waals surface area contributed by atoms with Crippen LogP contribution in [0.2, 0.25) is 0 Å². The fourth-order valence-electron chi connectivity index (χ4n) is 1.63. The summed E-state index contributed by atoms with van der Waals surface area (Å²) in [5, 5.41) is 0. The van der Waals surface area contributed by atoms with Crippen LogP contribution in [0.15, 0.2) is 21.2 Å². The second-order valence-corrected chi connectivity index (χ2v) is 4.85. The molecule has 0 aromatic carbocycles. The minimum absolute atomic E-state index is 0.150. The SMILES string of the molecule is COCCCN(CCC(=O)OC)C(=O)c1ccc(Br)o1. The van der Waals surface area contributed by atoms with Crippen LogP contribution in [-0.4, -0.2) is 50.7 Å². The van der Waals surface area contributed by atoms with Gasteiger partial charge in [-0.2, -0.15) is 0 Å². The molecule has 0 fully saturated rings. The van der Waals surface area contributed by atoms with E-state index in [0.29, 0.717) is 24.2 Å². The predicted octanol–water partition coefficient (Wildman–Crippen LogP) is 2.08. The largest absolute Gasteiger partial charge is 0.469 e. The van der Waals surface area contributed by atoms with Gasteiger partial charge in [-0.05, 0) is 34.5 Å². The van der Waals surface area contributed by atoms with Gasteiger partial charge in [0.15, 0.2) is 10.4 Å². The molecule has 0 unspecified atom stereocenters. The minimum Gasteiger partial charge on any atom is -0.469 e. The number of carbonyl (C=O) groups is 2. The van der Waals surface area contributed by atoms with Crippen molar-refractivity contribution in [3.8, 4) is 0 Å². The summed E-state index contributed by atoms with van der Waals surface area (Å²) in [5.74, 6) is -0.370. The smallest absolute Gasteiger partial charge is 0.307 e. The summed E-state index contributed by atoms with van der Waals surface area (Å²) in [7, 11) is 2.92. The van der Waals surface area contributed by atoms with E-state index in [2.05, 4.69) is 20.7 Å². The number of furan rings is 1. The second-order valence-electron chi connectivity index (χ2n) is 4.07. The molecule has 0 aliphatic carbocycles. The number of ether oxygens (including phenoxy) is 2. The van der Waals surface area contributed by atoms with E-state index in [1.54, 1.807) is 24.1 Å². The number of carbonyl (C=O) groups excluding carboxylic acids is 2. The average Bonchev–Trinajstić information content (AvgIpc) is 2.88. The summed E-state index contributed by atoms with van der Waals surface area (Å²) in [5.41, 5.74) is 0. The summed E-state index contributed by atoms with van der Waals surface area (Å²) in [6.45, 7) is 1.32. The zero-order valence-corrected chi connectivity index (χ0v) is 13.1. The van der Waals surface area contributed by atoms with Crippen LogP contribution >= 0.6 is 15.9 Å². The van der Waals surface area contributed by atoms with Crippen molar-refractivity contribution >= 4 is 27.8 Å². The van der Waals surface area contributed by atoms with E-state index in [9.17, 15) is 9.59 Å². The molecule has 6 nitrogen and oxygen atoms in total. The Morgan fingerprint density at radius 3 is 2.60 bits per heavy atom. The molecule has 0 aliphatic rings. The Kier molecular flexibility index (Phi) is 7.32. The highest BCUT2D eigenvalue weighted by Crippen LogP contribution is 2.16. The number of halogens is 1. The fourth-order valence-corrected chi connectivity index (χ4v) is 1.93. The highest BCUT2D eigenvalue weighted by atomic mass is 79.9. The van der Waals surface area contributed by atoms with Crippen molar-refractivity contribution in [3.63, 3.8) is 0 Å². The van der Waals surface area contributed by atoms with Gasteiger partial charge in [0.05, 0.1) is 13.5 Å². The number of nitrogens with zero attached hydrogens (tertiary/aromatic N) is 1. The van der Waals surface area contributed by atoms with Crippen LogP contribution in [0, 0.1) is 0 Å². The van der Waals surface area contributed by atoms with Gasteiger partial charge in [-0.1, -0.05) is 0 Å². The summed E-state index contributed by atoms with van der Waals surface area (Å²) in [4.78, 5) is 25.0. The fraction of sp³-hybridized carbons (Fsp3) is 0.538. The Bertz CT molecular complexity index is 446. The number of hydrogen-bond acceptors (Lipinski definition) is 5.